The van der Waals surface area contributed by atoms with E-state index >= 15 is 0 Å². The Morgan fingerprint density at radius 1 is 0.838 bits per heavy atom. The van der Waals surface area contributed by atoms with Crippen molar-refractivity contribution in [3.05, 3.63) is 136 Å². The predicted octanol–water partition coefficient (Wildman–Crippen LogP) is 6.57. The maximum absolute atomic E-state index is 13.6. The summed E-state index contributed by atoms with van der Waals surface area (Å²) in [5, 5.41) is 2.84. The van der Waals surface area contributed by atoms with E-state index in [0.717, 1.165) is 21.6 Å². The number of nitrogens with zero attached hydrogens (tertiary/aromatic N) is 1. The molecule has 0 saturated carbocycles. The number of thioether (sulfide) groups is 1. The zero-order chi connectivity index (χ0) is 25.8. The van der Waals surface area contributed by atoms with Gasteiger partial charge in [0.25, 0.3) is 11.8 Å². The van der Waals surface area contributed by atoms with Gasteiger partial charge in [-0.15, -0.1) is 0 Å². The van der Waals surface area contributed by atoms with Gasteiger partial charge in [0.1, 0.15) is 11.6 Å². The minimum atomic E-state index is -0.352. The van der Waals surface area contributed by atoms with E-state index in [1.54, 1.807) is 41.3 Å². The molecule has 4 aromatic carbocycles. The summed E-state index contributed by atoms with van der Waals surface area (Å²) >= 11 is 1.35. The molecule has 4 aromatic rings. The van der Waals surface area contributed by atoms with Crippen LogP contribution in [-0.4, -0.2) is 11.8 Å². The van der Waals surface area contributed by atoms with Gasteiger partial charge in [0.05, 0.1) is 17.1 Å². The summed E-state index contributed by atoms with van der Waals surface area (Å²) in [5.74, 6) is -1.20. The Morgan fingerprint density at radius 3 is 2.16 bits per heavy atom. The highest BCUT2D eigenvalue weighted by molar-refractivity contribution is 8.04. The van der Waals surface area contributed by atoms with Gasteiger partial charge in [-0.05, 0) is 65.2 Å². The number of fused-ring (bicyclic) bond motifs is 1. The first kappa shape index (κ1) is 24.5. The molecule has 0 saturated heterocycles. The molecule has 2 amide bonds. The molecule has 0 aromatic heterocycles. The minimum Gasteiger partial charge on any atom is -0.348 e. The van der Waals surface area contributed by atoms with Gasteiger partial charge in [-0.25, -0.2) is 8.78 Å². The lowest BCUT2D eigenvalue weighted by molar-refractivity contribution is -0.114. The molecule has 0 bridgehead atoms. The number of amides is 2. The Labute approximate surface area is 217 Å². The maximum atomic E-state index is 13.6. The number of hydrogen-bond acceptors (Lipinski definition) is 3. The van der Waals surface area contributed by atoms with Crippen molar-refractivity contribution in [2.45, 2.75) is 18.0 Å². The highest BCUT2D eigenvalue weighted by atomic mass is 32.2. The van der Waals surface area contributed by atoms with E-state index in [4.69, 9.17) is 0 Å². The van der Waals surface area contributed by atoms with Crippen molar-refractivity contribution in [1.29, 1.82) is 0 Å². The summed E-state index contributed by atoms with van der Waals surface area (Å²) in [6, 6.07) is 26.8. The Bertz CT molecular complexity index is 1470. The minimum absolute atomic E-state index is 0.199. The molecule has 184 valence electrons. The Morgan fingerprint density at radius 2 is 1.49 bits per heavy atom. The Kier molecular flexibility index (Phi) is 7.14. The first-order chi connectivity index (χ1) is 18.0. The standard InChI is InChI=1S/C30H22F2N2O2S/c31-24-11-6-21(7-12-24)18-33-29(35)23-10-15-27-26(17-23)34(19-22-8-13-25(32)14-9-22)30(36)28(37-27)16-20-4-2-1-3-5-20/h1-17H,18-19H2,(H,33,35). The number of halogens is 2. The van der Waals surface area contributed by atoms with Gasteiger partial charge in [-0.2, -0.15) is 0 Å². The monoisotopic (exact) mass is 512 g/mol. The van der Waals surface area contributed by atoms with Crippen LogP contribution in [0.2, 0.25) is 0 Å². The summed E-state index contributed by atoms with van der Waals surface area (Å²) < 4.78 is 26.6. The molecule has 1 aliphatic rings. The highest BCUT2D eigenvalue weighted by Gasteiger charge is 2.30. The lowest BCUT2D eigenvalue weighted by atomic mass is 10.1. The van der Waals surface area contributed by atoms with Crippen molar-refractivity contribution in [3.63, 3.8) is 0 Å². The number of hydrogen-bond donors (Lipinski definition) is 1. The zero-order valence-corrected chi connectivity index (χ0v) is 20.5. The number of anilines is 1. The van der Waals surface area contributed by atoms with Crippen LogP contribution in [0.4, 0.5) is 14.5 Å². The van der Waals surface area contributed by atoms with Crippen LogP contribution >= 0.6 is 11.8 Å². The van der Waals surface area contributed by atoms with Crippen LogP contribution in [-0.2, 0) is 17.9 Å². The molecule has 1 N–H and O–H groups in total. The molecule has 0 atom stereocenters. The third-order valence-corrected chi connectivity index (χ3v) is 6.98. The van der Waals surface area contributed by atoms with Crippen LogP contribution < -0.4 is 10.2 Å². The lowest BCUT2D eigenvalue weighted by Gasteiger charge is -2.31. The molecule has 37 heavy (non-hydrogen) atoms. The fraction of sp³-hybridized carbons (Fsp3) is 0.0667. The van der Waals surface area contributed by atoms with Crippen LogP contribution in [0.25, 0.3) is 6.08 Å². The smallest absolute Gasteiger partial charge is 0.265 e. The van der Waals surface area contributed by atoms with Gasteiger partial charge < -0.3 is 10.2 Å². The normalized spacial score (nSPS) is 13.9. The lowest BCUT2D eigenvalue weighted by Crippen LogP contribution is -2.34. The summed E-state index contributed by atoms with van der Waals surface area (Å²) in [7, 11) is 0. The van der Waals surface area contributed by atoms with Crippen molar-refractivity contribution < 1.29 is 18.4 Å². The second-order valence-corrected chi connectivity index (χ2v) is 9.61. The quantitative estimate of drug-likeness (QED) is 0.297. The third-order valence-electron chi connectivity index (χ3n) is 5.91. The Hall–Kier alpha value is -4.23. The molecule has 4 nitrogen and oxygen atoms in total. The van der Waals surface area contributed by atoms with Crippen LogP contribution in [0.3, 0.4) is 0 Å². The molecule has 0 spiro atoms. The van der Waals surface area contributed by atoms with Gasteiger partial charge in [0, 0.05) is 17.0 Å². The van der Waals surface area contributed by atoms with Gasteiger partial charge >= 0.3 is 0 Å². The van der Waals surface area contributed by atoms with E-state index in [1.165, 1.54) is 36.0 Å². The second kappa shape index (κ2) is 10.8. The fourth-order valence-electron chi connectivity index (χ4n) is 3.97. The molecule has 7 heteroatoms. The number of nitrogens with one attached hydrogen (secondary N) is 1. The summed E-state index contributed by atoms with van der Waals surface area (Å²) in [4.78, 5) is 29.5. The molecule has 0 unspecified atom stereocenters. The van der Waals surface area contributed by atoms with E-state index < -0.39 is 0 Å². The number of carbonyl (C=O) groups excluding carboxylic acids is 2. The summed E-state index contributed by atoms with van der Waals surface area (Å²) in [5.41, 5.74) is 3.44. The Balaban J connectivity index is 1.45. The van der Waals surface area contributed by atoms with Crippen LogP contribution in [0, 0.1) is 11.6 Å². The van der Waals surface area contributed by atoms with Gasteiger partial charge in [0.2, 0.25) is 0 Å². The van der Waals surface area contributed by atoms with Gasteiger partial charge in [-0.3, -0.25) is 9.59 Å². The number of benzene rings is 4. The molecule has 0 aliphatic carbocycles. The largest absolute Gasteiger partial charge is 0.348 e. The zero-order valence-electron chi connectivity index (χ0n) is 19.7. The third kappa shape index (κ3) is 5.78. The van der Waals surface area contributed by atoms with Crippen molar-refractivity contribution in [2.75, 3.05) is 4.90 Å². The maximum Gasteiger partial charge on any atom is 0.265 e. The molecule has 5 rings (SSSR count). The molecular weight excluding hydrogens is 490 g/mol. The summed E-state index contributed by atoms with van der Waals surface area (Å²) in [6.07, 6.45) is 1.84. The SMILES string of the molecule is O=C(NCc1ccc(F)cc1)c1ccc2c(c1)N(Cc1ccc(F)cc1)C(=O)C(=Cc1ccccc1)S2. The van der Waals surface area contributed by atoms with Crippen molar-refractivity contribution in [3.8, 4) is 0 Å². The summed E-state index contributed by atoms with van der Waals surface area (Å²) in [6.45, 7) is 0.465. The fourth-order valence-corrected chi connectivity index (χ4v) is 5.01. The molecule has 0 radical (unpaired) electrons. The van der Waals surface area contributed by atoms with E-state index in [-0.39, 0.29) is 36.5 Å². The average molecular weight is 513 g/mol. The first-order valence-corrected chi connectivity index (χ1v) is 12.5. The van der Waals surface area contributed by atoms with Crippen LogP contribution in [0.5, 0.6) is 0 Å². The van der Waals surface area contributed by atoms with E-state index in [0.29, 0.717) is 16.2 Å². The van der Waals surface area contributed by atoms with Crippen LogP contribution in [0.1, 0.15) is 27.0 Å². The molecule has 0 fully saturated rings. The van der Waals surface area contributed by atoms with Gasteiger partial charge in [-0.1, -0.05) is 66.4 Å². The topological polar surface area (TPSA) is 49.4 Å². The molecular formula is C30H22F2N2O2S. The van der Waals surface area contributed by atoms with Crippen molar-refractivity contribution in [1.82, 2.24) is 5.32 Å². The first-order valence-electron chi connectivity index (χ1n) is 11.6. The van der Waals surface area contributed by atoms with Gasteiger partial charge in [0.15, 0.2) is 0 Å². The number of carbonyl (C=O) groups is 2. The van der Waals surface area contributed by atoms with E-state index in [9.17, 15) is 18.4 Å². The predicted molar refractivity (Wildman–Crippen MR) is 142 cm³/mol. The highest BCUT2D eigenvalue weighted by Crippen LogP contribution is 2.43. The number of rotatable bonds is 6. The molecule has 1 aliphatic heterocycles. The van der Waals surface area contributed by atoms with Crippen LogP contribution in [0.15, 0.2) is 107 Å². The average Bonchev–Trinajstić information content (AvgIpc) is 2.92. The second-order valence-electron chi connectivity index (χ2n) is 8.53. The van der Waals surface area contributed by atoms with Crippen molar-refractivity contribution in [2.24, 2.45) is 0 Å². The van der Waals surface area contributed by atoms with E-state index in [1.807, 2.05) is 42.5 Å². The molecule has 1 heterocycles. The van der Waals surface area contributed by atoms with Crippen molar-refractivity contribution >= 4 is 35.3 Å². The van der Waals surface area contributed by atoms with E-state index in [2.05, 4.69) is 5.32 Å².